The normalized spacial score (nSPS) is 26.5. The van der Waals surface area contributed by atoms with Crippen LogP contribution < -0.4 is 5.32 Å². The molecule has 1 heterocycles. The molecule has 1 aromatic carbocycles. The van der Waals surface area contributed by atoms with Gasteiger partial charge in [0.05, 0.1) is 6.04 Å². The highest BCUT2D eigenvalue weighted by Crippen LogP contribution is 2.28. The molecule has 1 saturated heterocycles. The second-order valence-corrected chi connectivity index (χ2v) is 3.22. The van der Waals surface area contributed by atoms with Crippen LogP contribution in [0.4, 0.5) is 4.39 Å². The maximum Gasteiger partial charge on any atom is 0.136 e. The lowest BCUT2D eigenvalue weighted by atomic mass is 9.91. The van der Waals surface area contributed by atoms with Gasteiger partial charge in [0.15, 0.2) is 0 Å². The first kappa shape index (κ1) is 8.38. The summed E-state index contributed by atoms with van der Waals surface area (Å²) in [6.45, 7) is 0. The van der Waals surface area contributed by atoms with Crippen molar-refractivity contribution in [2.75, 3.05) is 0 Å². The number of benzene rings is 1. The first-order valence-corrected chi connectivity index (χ1v) is 4.27. The molecule has 3 heteroatoms. The van der Waals surface area contributed by atoms with Gasteiger partial charge in [-0.15, -0.1) is 0 Å². The summed E-state index contributed by atoms with van der Waals surface area (Å²) in [5.41, 5.74) is 0.653. The van der Waals surface area contributed by atoms with Crippen molar-refractivity contribution in [2.45, 2.75) is 18.5 Å². The summed E-state index contributed by atoms with van der Waals surface area (Å²) < 4.78 is 13.2. The van der Waals surface area contributed by atoms with Crippen molar-refractivity contribution >= 4 is 6.29 Å². The molecule has 1 aliphatic heterocycles. The minimum atomic E-state index is -0.204. The Hall–Kier alpha value is -1.22. The summed E-state index contributed by atoms with van der Waals surface area (Å²) >= 11 is 0. The molecule has 0 aliphatic carbocycles. The molecule has 1 aromatic rings. The van der Waals surface area contributed by atoms with Crippen LogP contribution in [0, 0.1) is 5.82 Å². The Morgan fingerprint density at radius 2 is 2.15 bits per heavy atom. The Morgan fingerprint density at radius 3 is 2.77 bits per heavy atom. The number of hydrogen-bond acceptors (Lipinski definition) is 2. The summed E-state index contributed by atoms with van der Waals surface area (Å²) in [5, 5.41) is 2.98. The van der Waals surface area contributed by atoms with Crippen LogP contribution in [-0.4, -0.2) is 12.3 Å². The molecule has 2 nitrogen and oxygen atoms in total. The Bertz CT molecular complexity index is 320. The van der Waals surface area contributed by atoms with E-state index in [1.54, 1.807) is 18.2 Å². The first-order valence-electron chi connectivity index (χ1n) is 4.27. The smallest absolute Gasteiger partial charge is 0.136 e. The second-order valence-electron chi connectivity index (χ2n) is 3.22. The van der Waals surface area contributed by atoms with Crippen LogP contribution in [0.1, 0.15) is 18.0 Å². The van der Waals surface area contributed by atoms with E-state index in [0.717, 1.165) is 6.29 Å². The maximum absolute atomic E-state index is 13.2. The van der Waals surface area contributed by atoms with Gasteiger partial charge in [0.25, 0.3) is 0 Å². The van der Waals surface area contributed by atoms with E-state index in [4.69, 9.17) is 0 Å². The predicted octanol–water partition coefficient (Wildman–Crippen LogP) is 1.43. The van der Waals surface area contributed by atoms with Gasteiger partial charge in [0.2, 0.25) is 0 Å². The topological polar surface area (TPSA) is 29.1 Å². The van der Waals surface area contributed by atoms with Crippen LogP contribution in [0.2, 0.25) is 0 Å². The third-order valence-electron chi connectivity index (χ3n) is 2.35. The van der Waals surface area contributed by atoms with Gasteiger partial charge in [0, 0.05) is 11.6 Å². The number of hydrogen-bond donors (Lipinski definition) is 1. The van der Waals surface area contributed by atoms with Gasteiger partial charge in [0.1, 0.15) is 12.1 Å². The average Bonchev–Trinajstić information content (AvgIpc) is 2.06. The minimum absolute atomic E-state index is 0.0106. The fraction of sp³-hybridized carbons (Fsp3) is 0.300. The van der Waals surface area contributed by atoms with Crippen LogP contribution in [-0.2, 0) is 4.79 Å². The average molecular weight is 179 g/mol. The Balaban J connectivity index is 2.11. The van der Waals surface area contributed by atoms with Gasteiger partial charge < -0.3 is 10.1 Å². The fourth-order valence-electron chi connectivity index (χ4n) is 1.56. The lowest BCUT2D eigenvalue weighted by Crippen LogP contribution is -2.47. The molecule has 0 bridgehead atoms. The van der Waals surface area contributed by atoms with Crippen LogP contribution in [0.15, 0.2) is 24.3 Å². The van der Waals surface area contributed by atoms with Crippen molar-refractivity contribution in [2.24, 2.45) is 0 Å². The van der Waals surface area contributed by atoms with E-state index in [-0.39, 0.29) is 17.9 Å². The van der Waals surface area contributed by atoms with Crippen molar-refractivity contribution in [1.82, 2.24) is 5.32 Å². The molecule has 0 spiro atoms. The molecular weight excluding hydrogens is 169 g/mol. The number of aldehydes is 1. The lowest BCUT2D eigenvalue weighted by molar-refractivity contribution is -0.111. The van der Waals surface area contributed by atoms with Crippen LogP contribution in [0.25, 0.3) is 0 Å². The van der Waals surface area contributed by atoms with E-state index in [1.165, 1.54) is 6.07 Å². The predicted molar refractivity (Wildman–Crippen MR) is 46.7 cm³/mol. The molecule has 1 fully saturated rings. The summed E-state index contributed by atoms with van der Waals surface area (Å²) in [6.07, 6.45) is 1.56. The molecule has 1 N–H and O–H groups in total. The minimum Gasteiger partial charge on any atom is -0.302 e. The van der Waals surface area contributed by atoms with E-state index in [1.807, 2.05) is 0 Å². The van der Waals surface area contributed by atoms with Crippen molar-refractivity contribution in [3.63, 3.8) is 0 Å². The van der Waals surface area contributed by atoms with Crippen molar-refractivity contribution in [1.29, 1.82) is 0 Å². The van der Waals surface area contributed by atoms with Crippen LogP contribution >= 0.6 is 0 Å². The number of carbonyl (C=O) groups is 1. The molecule has 0 saturated carbocycles. The van der Waals surface area contributed by atoms with Crippen molar-refractivity contribution in [3.05, 3.63) is 35.6 Å². The monoisotopic (exact) mass is 179 g/mol. The molecule has 0 radical (unpaired) electrons. The summed E-state index contributed by atoms with van der Waals surface area (Å²) in [4.78, 5) is 10.3. The zero-order valence-corrected chi connectivity index (χ0v) is 7.03. The van der Waals surface area contributed by atoms with Gasteiger partial charge in [-0.3, -0.25) is 0 Å². The molecule has 68 valence electrons. The molecule has 2 rings (SSSR count). The highest BCUT2D eigenvalue weighted by atomic mass is 19.1. The van der Waals surface area contributed by atoms with Crippen molar-refractivity contribution in [3.8, 4) is 0 Å². The summed E-state index contributed by atoms with van der Waals surface area (Å²) in [5.74, 6) is -0.204. The Kier molecular flexibility index (Phi) is 2.10. The van der Waals surface area contributed by atoms with E-state index in [0.29, 0.717) is 12.0 Å². The highest BCUT2D eigenvalue weighted by Gasteiger charge is 2.30. The second kappa shape index (κ2) is 3.26. The van der Waals surface area contributed by atoms with Gasteiger partial charge in [-0.1, -0.05) is 18.2 Å². The van der Waals surface area contributed by atoms with Gasteiger partial charge in [-0.2, -0.15) is 0 Å². The SMILES string of the molecule is O=CC1CC(c2ccccc2F)N1. The molecule has 1 aliphatic rings. The Morgan fingerprint density at radius 1 is 1.46 bits per heavy atom. The highest BCUT2D eigenvalue weighted by molar-refractivity contribution is 5.60. The Labute approximate surface area is 75.8 Å². The first-order chi connectivity index (χ1) is 6.31. The number of halogens is 1. The molecule has 13 heavy (non-hydrogen) atoms. The van der Waals surface area contributed by atoms with E-state index in [2.05, 4.69) is 5.32 Å². The zero-order valence-electron chi connectivity index (χ0n) is 7.03. The van der Waals surface area contributed by atoms with Crippen LogP contribution in [0.3, 0.4) is 0 Å². The summed E-state index contributed by atoms with van der Waals surface area (Å²) in [6, 6.07) is 6.56. The number of nitrogens with one attached hydrogen (secondary N) is 1. The third-order valence-corrected chi connectivity index (χ3v) is 2.35. The number of rotatable bonds is 2. The van der Waals surface area contributed by atoms with E-state index < -0.39 is 0 Å². The standard InChI is InChI=1S/C10H10FNO/c11-9-4-2-1-3-8(9)10-5-7(6-13)12-10/h1-4,6-7,10,12H,5H2. The largest absolute Gasteiger partial charge is 0.302 e. The summed E-state index contributed by atoms with van der Waals surface area (Å²) in [7, 11) is 0. The molecule has 2 unspecified atom stereocenters. The fourth-order valence-corrected chi connectivity index (χ4v) is 1.56. The quantitative estimate of drug-likeness (QED) is 0.696. The molecule has 2 atom stereocenters. The van der Waals surface area contributed by atoms with E-state index in [9.17, 15) is 9.18 Å². The molecule has 0 aromatic heterocycles. The van der Waals surface area contributed by atoms with Crippen molar-refractivity contribution < 1.29 is 9.18 Å². The third kappa shape index (κ3) is 1.47. The zero-order chi connectivity index (χ0) is 9.26. The van der Waals surface area contributed by atoms with Gasteiger partial charge >= 0.3 is 0 Å². The van der Waals surface area contributed by atoms with Gasteiger partial charge in [-0.25, -0.2) is 4.39 Å². The maximum atomic E-state index is 13.2. The molecule has 0 amide bonds. The van der Waals surface area contributed by atoms with Crippen LogP contribution in [0.5, 0.6) is 0 Å². The van der Waals surface area contributed by atoms with Gasteiger partial charge in [-0.05, 0) is 12.5 Å². The number of carbonyl (C=O) groups excluding carboxylic acids is 1. The molecular formula is C10H10FNO. The van der Waals surface area contributed by atoms with E-state index >= 15 is 0 Å². The lowest BCUT2D eigenvalue weighted by Gasteiger charge is -2.34.